The normalized spacial score (nSPS) is 11.3. The van der Waals surface area contributed by atoms with Crippen LogP contribution in [0.25, 0.3) is 28.7 Å². The Kier molecular flexibility index (Phi) is 4.30. The van der Waals surface area contributed by atoms with Crippen molar-refractivity contribution in [3.05, 3.63) is 100 Å². The van der Waals surface area contributed by atoms with E-state index in [1.807, 2.05) is 85.8 Å². The largest absolute Gasteiger partial charge is 0.398 e. The first-order valence-corrected chi connectivity index (χ1v) is 8.75. The Bertz CT molecular complexity index is 1210. The van der Waals surface area contributed by atoms with Crippen LogP contribution in [0.15, 0.2) is 77.6 Å². The van der Waals surface area contributed by atoms with Gasteiger partial charge in [0, 0.05) is 5.69 Å². The molecule has 0 saturated carbocycles. The van der Waals surface area contributed by atoms with E-state index in [4.69, 9.17) is 10.7 Å². The Labute approximate surface area is 157 Å². The van der Waals surface area contributed by atoms with Crippen molar-refractivity contribution in [2.45, 2.75) is 6.92 Å². The Morgan fingerprint density at radius 3 is 2.44 bits per heavy atom. The topological polar surface area (TPSA) is 60.9 Å². The number of benzene rings is 3. The molecular weight excluding hydrogens is 334 g/mol. The lowest BCUT2D eigenvalue weighted by atomic mass is 10.1. The highest BCUT2D eigenvalue weighted by atomic mass is 16.1. The maximum absolute atomic E-state index is 13.1. The minimum absolute atomic E-state index is 0.0938. The predicted molar refractivity (Wildman–Crippen MR) is 112 cm³/mol. The van der Waals surface area contributed by atoms with Crippen molar-refractivity contribution in [2.75, 3.05) is 5.73 Å². The molecule has 1 aromatic heterocycles. The van der Waals surface area contributed by atoms with Crippen LogP contribution >= 0.6 is 0 Å². The van der Waals surface area contributed by atoms with Gasteiger partial charge < -0.3 is 5.73 Å². The standard InChI is InChI=1S/C23H19N3O/c1-16-8-7-9-17(22(16)24)14-15-21-25-20-13-6-5-12-19(20)23(27)26(21)18-10-3-2-4-11-18/h2-15H,24H2,1H3/b15-14+. The molecule has 132 valence electrons. The first-order valence-electron chi connectivity index (χ1n) is 8.75. The Morgan fingerprint density at radius 1 is 0.889 bits per heavy atom. The van der Waals surface area contributed by atoms with Crippen LogP contribution in [0.3, 0.4) is 0 Å². The second-order valence-electron chi connectivity index (χ2n) is 6.37. The third kappa shape index (κ3) is 3.13. The van der Waals surface area contributed by atoms with E-state index < -0.39 is 0 Å². The Balaban J connectivity index is 1.95. The molecule has 0 radical (unpaired) electrons. The minimum Gasteiger partial charge on any atom is -0.398 e. The number of nitrogen functional groups attached to an aromatic ring is 1. The predicted octanol–water partition coefficient (Wildman–Crippen LogP) is 4.45. The number of rotatable bonds is 3. The average molecular weight is 353 g/mol. The van der Waals surface area contributed by atoms with Crippen LogP contribution in [-0.2, 0) is 0 Å². The third-order valence-corrected chi connectivity index (χ3v) is 4.59. The first kappa shape index (κ1) is 16.8. The van der Waals surface area contributed by atoms with Gasteiger partial charge in [-0.1, -0.05) is 48.5 Å². The summed E-state index contributed by atoms with van der Waals surface area (Å²) < 4.78 is 1.63. The van der Waals surface area contributed by atoms with Crippen molar-refractivity contribution in [1.82, 2.24) is 9.55 Å². The quantitative estimate of drug-likeness (QED) is 0.554. The highest BCUT2D eigenvalue weighted by Crippen LogP contribution is 2.20. The highest BCUT2D eigenvalue weighted by molar-refractivity contribution is 5.81. The molecule has 0 spiro atoms. The number of nitrogens with zero attached hydrogens (tertiary/aromatic N) is 2. The van der Waals surface area contributed by atoms with Gasteiger partial charge in [0.1, 0.15) is 5.82 Å². The van der Waals surface area contributed by atoms with Crippen molar-refractivity contribution in [1.29, 1.82) is 0 Å². The monoisotopic (exact) mass is 353 g/mol. The fraction of sp³-hybridized carbons (Fsp3) is 0.0435. The molecule has 0 aliphatic carbocycles. The lowest BCUT2D eigenvalue weighted by molar-refractivity contribution is 0.944. The lowest BCUT2D eigenvalue weighted by Gasteiger charge is -2.11. The van der Waals surface area contributed by atoms with Crippen LogP contribution < -0.4 is 11.3 Å². The number of anilines is 1. The lowest BCUT2D eigenvalue weighted by Crippen LogP contribution is -2.22. The molecule has 0 amide bonds. The fourth-order valence-corrected chi connectivity index (χ4v) is 3.10. The minimum atomic E-state index is -0.0938. The maximum Gasteiger partial charge on any atom is 0.266 e. The van der Waals surface area contributed by atoms with E-state index in [1.165, 1.54) is 0 Å². The molecule has 0 saturated heterocycles. The zero-order valence-corrected chi connectivity index (χ0v) is 15.0. The summed E-state index contributed by atoms with van der Waals surface area (Å²) in [7, 11) is 0. The summed E-state index contributed by atoms with van der Waals surface area (Å²) in [5.41, 5.74) is 10.2. The van der Waals surface area contributed by atoms with E-state index in [0.29, 0.717) is 16.7 Å². The number of para-hydroxylation sites is 3. The van der Waals surface area contributed by atoms with Gasteiger partial charge in [0.05, 0.1) is 16.6 Å². The molecule has 4 nitrogen and oxygen atoms in total. The smallest absolute Gasteiger partial charge is 0.266 e. The van der Waals surface area contributed by atoms with Crippen molar-refractivity contribution in [3.63, 3.8) is 0 Å². The molecule has 0 fully saturated rings. The first-order chi connectivity index (χ1) is 13.1. The SMILES string of the molecule is Cc1cccc(/C=C/c2nc3ccccc3c(=O)n2-c2ccccc2)c1N. The van der Waals surface area contributed by atoms with Crippen molar-refractivity contribution >= 4 is 28.7 Å². The second-order valence-corrected chi connectivity index (χ2v) is 6.37. The zero-order valence-electron chi connectivity index (χ0n) is 15.0. The highest BCUT2D eigenvalue weighted by Gasteiger charge is 2.10. The summed E-state index contributed by atoms with van der Waals surface area (Å²) in [4.78, 5) is 17.9. The Morgan fingerprint density at radius 2 is 1.63 bits per heavy atom. The molecular formula is C23H19N3O. The molecule has 0 bridgehead atoms. The van der Waals surface area contributed by atoms with Gasteiger partial charge in [-0.25, -0.2) is 4.98 Å². The fourth-order valence-electron chi connectivity index (χ4n) is 3.10. The molecule has 4 heteroatoms. The molecule has 27 heavy (non-hydrogen) atoms. The van der Waals surface area contributed by atoms with E-state index in [2.05, 4.69) is 0 Å². The van der Waals surface area contributed by atoms with Crippen molar-refractivity contribution < 1.29 is 0 Å². The van der Waals surface area contributed by atoms with E-state index >= 15 is 0 Å². The van der Waals surface area contributed by atoms with Crippen molar-refractivity contribution in [2.24, 2.45) is 0 Å². The van der Waals surface area contributed by atoms with E-state index in [0.717, 1.165) is 22.5 Å². The van der Waals surface area contributed by atoms with Gasteiger partial charge >= 0.3 is 0 Å². The van der Waals surface area contributed by atoms with Gasteiger partial charge in [0.2, 0.25) is 0 Å². The van der Waals surface area contributed by atoms with Crippen LogP contribution in [0.1, 0.15) is 17.0 Å². The number of hydrogen-bond acceptors (Lipinski definition) is 3. The summed E-state index contributed by atoms with van der Waals surface area (Å²) in [6, 6.07) is 22.8. The summed E-state index contributed by atoms with van der Waals surface area (Å²) in [5, 5.41) is 0.591. The molecule has 4 aromatic rings. The molecule has 0 aliphatic rings. The van der Waals surface area contributed by atoms with Crippen LogP contribution in [0.2, 0.25) is 0 Å². The molecule has 3 aromatic carbocycles. The van der Waals surface area contributed by atoms with Gasteiger partial charge in [-0.05, 0) is 54.5 Å². The number of aryl methyl sites for hydroxylation is 1. The van der Waals surface area contributed by atoms with Crippen LogP contribution in [-0.4, -0.2) is 9.55 Å². The number of nitrogens with two attached hydrogens (primary N) is 1. The average Bonchev–Trinajstić information content (AvgIpc) is 2.70. The molecule has 4 rings (SSSR count). The van der Waals surface area contributed by atoms with E-state index in [1.54, 1.807) is 10.6 Å². The number of hydrogen-bond donors (Lipinski definition) is 1. The van der Waals surface area contributed by atoms with E-state index in [-0.39, 0.29) is 5.56 Å². The van der Waals surface area contributed by atoms with Gasteiger partial charge in [-0.2, -0.15) is 0 Å². The molecule has 0 aliphatic heterocycles. The zero-order chi connectivity index (χ0) is 18.8. The van der Waals surface area contributed by atoms with Crippen LogP contribution in [0.5, 0.6) is 0 Å². The summed E-state index contributed by atoms with van der Waals surface area (Å²) in [6.45, 7) is 1.97. The molecule has 0 atom stereocenters. The molecule has 0 unspecified atom stereocenters. The van der Waals surface area contributed by atoms with Crippen LogP contribution in [0.4, 0.5) is 5.69 Å². The third-order valence-electron chi connectivity index (χ3n) is 4.59. The van der Waals surface area contributed by atoms with Crippen molar-refractivity contribution in [3.8, 4) is 5.69 Å². The molecule has 2 N–H and O–H groups in total. The second kappa shape index (κ2) is 6.92. The van der Waals surface area contributed by atoms with E-state index in [9.17, 15) is 4.79 Å². The van der Waals surface area contributed by atoms with Crippen LogP contribution in [0, 0.1) is 6.92 Å². The van der Waals surface area contributed by atoms with Gasteiger partial charge in [-0.15, -0.1) is 0 Å². The number of aromatic nitrogens is 2. The summed E-state index contributed by atoms with van der Waals surface area (Å²) >= 11 is 0. The van der Waals surface area contributed by atoms with Gasteiger partial charge in [-0.3, -0.25) is 9.36 Å². The maximum atomic E-state index is 13.1. The molecule has 1 heterocycles. The van der Waals surface area contributed by atoms with Gasteiger partial charge in [0.15, 0.2) is 0 Å². The summed E-state index contributed by atoms with van der Waals surface area (Å²) in [6.07, 6.45) is 3.74. The Hall–Kier alpha value is -3.66. The van der Waals surface area contributed by atoms with Gasteiger partial charge in [0.25, 0.3) is 5.56 Å². The summed E-state index contributed by atoms with van der Waals surface area (Å²) in [5.74, 6) is 0.561. The number of fused-ring (bicyclic) bond motifs is 1.